The summed E-state index contributed by atoms with van der Waals surface area (Å²) in [4.78, 5) is 18.1. The van der Waals surface area contributed by atoms with Crippen LogP contribution in [0.4, 0.5) is 5.82 Å². The van der Waals surface area contributed by atoms with Crippen LogP contribution in [-0.4, -0.2) is 58.6 Å². The van der Waals surface area contributed by atoms with E-state index < -0.39 is 41.4 Å². The van der Waals surface area contributed by atoms with Gasteiger partial charge in [-0.15, -0.1) is 0 Å². The van der Waals surface area contributed by atoms with Crippen molar-refractivity contribution in [1.29, 1.82) is 0 Å². The molecule has 9 nitrogen and oxygen atoms in total. The van der Waals surface area contributed by atoms with E-state index in [4.69, 9.17) is 19.9 Å². The van der Waals surface area contributed by atoms with Gasteiger partial charge in [-0.25, -0.2) is 4.79 Å². The lowest BCUT2D eigenvalue weighted by Crippen LogP contribution is -2.71. The van der Waals surface area contributed by atoms with Crippen LogP contribution in [0.1, 0.15) is 22.3 Å². The highest BCUT2D eigenvalue weighted by atomic mass is 16.7. The standard InChI is InChI=1S/C31H33N3O6/c1-21-19-34(28(37)33-27(21)32)31(30(38-2,39-3)26(36)25(20-35)40-31)29(22-13-7-4-8-14-22,23-15-9-5-10-16-23)24-17-11-6-12-18-24/h4-19,25-26,35-36H,20H2,1-3H3,(H2,32,33,37)/t25-,26-,31-/m1/s1. The molecule has 4 aromatic rings. The highest BCUT2D eigenvalue weighted by Crippen LogP contribution is 2.61. The molecule has 1 aromatic heterocycles. The van der Waals surface area contributed by atoms with Crippen LogP contribution in [-0.2, 0) is 25.4 Å². The van der Waals surface area contributed by atoms with Gasteiger partial charge in [-0.3, -0.25) is 4.57 Å². The third-order valence-electron chi connectivity index (χ3n) is 7.94. The van der Waals surface area contributed by atoms with E-state index in [1.165, 1.54) is 25.0 Å². The SMILES string of the molecule is COC1(OC)[C@H](O)[C@@H](CO)O[C@]1(n1cc(C)c(N)nc1=O)C(c1ccccc1)(c1ccccc1)c1ccccc1. The van der Waals surface area contributed by atoms with Crippen LogP contribution < -0.4 is 11.4 Å². The Bertz CT molecular complexity index is 1410. The summed E-state index contributed by atoms with van der Waals surface area (Å²) in [5, 5.41) is 22.3. The Morgan fingerprint density at radius 2 is 1.38 bits per heavy atom. The lowest BCUT2D eigenvalue weighted by atomic mass is 9.59. The number of nitrogens with zero attached hydrogens (tertiary/aromatic N) is 2. The number of anilines is 1. The number of nitrogens with two attached hydrogens (primary N) is 1. The quantitative estimate of drug-likeness (QED) is 0.229. The van der Waals surface area contributed by atoms with Crippen LogP contribution >= 0.6 is 0 Å². The van der Waals surface area contributed by atoms with Crippen molar-refractivity contribution in [3.05, 3.63) is 130 Å². The highest BCUT2D eigenvalue weighted by molar-refractivity contribution is 5.55. The smallest absolute Gasteiger partial charge is 0.352 e. The molecule has 0 radical (unpaired) electrons. The Kier molecular flexibility index (Phi) is 7.34. The van der Waals surface area contributed by atoms with E-state index >= 15 is 0 Å². The van der Waals surface area contributed by atoms with Gasteiger partial charge in [-0.2, -0.15) is 4.98 Å². The molecular weight excluding hydrogens is 510 g/mol. The maximum Gasteiger partial charge on any atom is 0.352 e. The molecule has 0 bridgehead atoms. The number of nitrogen functional groups attached to an aromatic ring is 1. The summed E-state index contributed by atoms with van der Waals surface area (Å²) in [5.74, 6) is -1.99. The molecule has 1 fully saturated rings. The fraction of sp³-hybridized carbons (Fsp3) is 0.290. The number of rotatable bonds is 8. The van der Waals surface area contributed by atoms with Crippen LogP contribution in [0.2, 0.25) is 0 Å². The average Bonchev–Trinajstić information content (AvgIpc) is 3.25. The van der Waals surface area contributed by atoms with Gasteiger partial charge in [0.25, 0.3) is 0 Å². The summed E-state index contributed by atoms with van der Waals surface area (Å²) in [6.07, 6.45) is -1.21. The van der Waals surface area contributed by atoms with Crippen LogP contribution in [0, 0.1) is 6.92 Å². The summed E-state index contributed by atoms with van der Waals surface area (Å²) >= 11 is 0. The molecule has 0 aliphatic carbocycles. The predicted molar refractivity (Wildman–Crippen MR) is 150 cm³/mol. The van der Waals surface area contributed by atoms with Crippen molar-refractivity contribution < 1.29 is 24.4 Å². The van der Waals surface area contributed by atoms with Gasteiger partial charge in [0.15, 0.2) is 0 Å². The number of benzene rings is 3. The molecule has 1 aliphatic rings. The largest absolute Gasteiger partial charge is 0.394 e. The van der Waals surface area contributed by atoms with Gasteiger partial charge in [0.05, 0.1) is 12.0 Å². The fourth-order valence-corrected chi connectivity index (χ4v) is 6.24. The van der Waals surface area contributed by atoms with Crippen molar-refractivity contribution in [2.75, 3.05) is 26.6 Å². The van der Waals surface area contributed by atoms with Gasteiger partial charge in [0.1, 0.15) is 18.0 Å². The molecule has 0 spiro atoms. The zero-order valence-corrected chi connectivity index (χ0v) is 22.6. The summed E-state index contributed by atoms with van der Waals surface area (Å²) in [6.45, 7) is 1.14. The Labute approximate surface area is 232 Å². The lowest BCUT2D eigenvalue weighted by Gasteiger charge is -2.55. The molecule has 40 heavy (non-hydrogen) atoms. The van der Waals surface area contributed by atoms with Gasteiger partial charge in [-0.05, 0) is 23.6 Å². The number of methoxy groups -OCH3 is 2. The van der Waals surface area contributed by atoms with Crippen LogP contribution in [0.25, 0.3) is 0 Å². The zero-order chi connectivity index (χ0) is 28.5. The minimum absolute atomic E-state index is 0.0545. The Morgan fingerprint density at radius 1 is 0.925 bits per heavy atom. The Hall–Kier alpha value is -3.86. The Balaban J connectivity index is 2.12. The number of hydrogen-bond donors (Lipinski definition) is 3. The monoisotopic (exact) mass is 543 g/mol. The minimum Gasteiger partial charge on any atom is -0.394 e. The van der Waals surface area contributed by atoms with E-state index in [1.54, 1.807) is 6.92 Å². The maximum absolute atomic E-state index is 14.0. The summed E-state index contributed by atoms with van der Waals surface area (Å²) in [5.41, 5.74) is 4.48. The first-order chi connectivity index (χ1) is 19.3. The van der Waals surface area contributed by atoms with Crippen molar-refractivity contribution in [3.63, 3.8) is 0 Å². The molecule has 1 aliphatic heterocycles. The normalized spacial score (nSPS) is 22.3. The van der Waals surface area contributed by atoms with Crippen molar-refractivity contribution in [2.45, 2.75) is 36.1 Å². The lowest BCUT2D eigenvalue weighted by molar-refractivity contribution is -0.339. The second kappa shape index (κ2) is 10.6. The summed E-state index contributed by atoms with van der Waals surface area (Å²) in [6, 6.07) is 28.5. The number of ether oxygens (including phenoxy) is 3. The minimum atomic E-state index is -2.05. The van der Waals surface area contributed by atoms with E-state index in [1.807, 2.05) is 91.0 Å². The molecule has 0 saturated carbocycles. The maximum atomic E-state index is 14.0. The number of aromatic nitrogens is 2. The highest BCUT2D eigenvalue weighted by Gasteiger charge is 2.78. The molecule has 0 unspecified atom stereocenters. The topological polar surface area (TPSA) is 129 Å². The molecule has 208 valence electrons. The van der Waals surface area contributed by atoms with Crippen molar-refractivity contribution in [2.24, 2.45) is 0 Å². The zero-order valence-electron chi connectivity index (χ0n) is 22.6. The summed E-state index contributed by atoms with van der Waals surface area (Å²) < 4.78 is 20.4. The van der Waals surface area contributed by atoms with Gasteiger partial charge in [-0.1, -0.05) is 91.0 Å². The number of aryl methyl sites for hydroxylation is 1. The molecule has 4 N–H and O–H groups in total. The van der Waals surface area contributed by atoms with Crippen molar-refractivity contribution in [1.82, 2.24) is 9.55 Å². The molecular formula is C31H33N3O6. The number of hydrogen-bond acceptors (Lipinski definition) is 8. The first-order valence-electron chi connectivity index (χ1n) is 12.9. The predicted octanol–water partition coefficient (Wildman–Crippen LogP) is 2.56. The third-order valence-corrected chi connectivity index (χ3v) is 7.94. The van der Waals surface area contributed by atoms with Gasteiger partial charge in [0.2, 0.25) is 11.5 Å². The average molecular weight is 544 g/mol. The molecule has 5 rings (SSSR count). The second-order valence-electron chi connectivity index (χ2n) is 9.81. The van der Waals surface area contributed by atoms with E-state index in [0.29, 0.717) is 22.3 Å². The Morgan fingerprint density at radius 3 is 1.77 bits per heavy atom. The molecule has 1 saturated heterocycles. The number of aliphatic hydroxyl groups excluding tert-OH is 2. The van der Waals surface area contributed by atoms with Crippen molar-refractivity contribution in [3.8, 4) is 0 Å². The van der Waals surface area contributed by atoms with E-state index in [9.17, 15) is 15.0 Å². The van der Waals surface area contributed by atoms with E-state index in [2.05, 4.69) is 4.98 Å². The van der Waals surface area contributed by atoms with Crippen molar-refractivity contribution >= 4 is 5.82 Å². The van der Waals surface area contributed by atoms with Gasteiger partial charge >= 0.3 is 5.69 Å². The van der Waals surface area contributed by atoms with Gasteiger partial charge in [0, 0.05) is 26.0 Å². The molecule has 2 heterocycles. The van der Waals surface area contributed by atoms with E-state index in [-0.39, 0.29) is 5.82 Å². The first-order valence-corrected chi connectivity index (χ1v) is 12.9. The molecule has 9 heteroatoms. The van der Waals surface area contributed by atoms with E-state index in [0.717, 1.165) is 0 Å². The molecule has 3 atom stereocenters. The van der Waals surface area contributed by atoms with Gasteiger partial charge < -0.3 is 30.2 Å². The summed E-state index contributed by atoms with van der Waals surface area (Å²) in [7, 11) is 2.75. The first kappa shape index (κ1) is 27.7. The third kappa shape index (κ3) is 3.67. The van der Waals surface area contributed by atoms with Crippen LogP contribution in [0.3, 0.4) is 0 Å². The molecule has 3 aromatic carbocycles. The number of aliphatic hydroxyl groups is 2. The second-order valence-corrected chi connectivity index (χ2v) is 9.81. The molecule has 0 amide bonds. The van der Waals surface area contributed by atoms with Crippen LogP contribution in [0.15, 0.2) is 102 Å². The van der Waals surface area contributed by atoms with Crippen LogP contribution in [0.5, 0.6) is 0 Å². The fourth-order valence-electron chi connectivity index (χ4n) is 6.24.